The van der Waals surface area contributed by atoms with Crippen molar-refractivity contribution in [2.45, 2.75) is 50.9 Å². The molecule has 4 aliphatic carbocycles. The van der Waals surface area contributed by atoms with E-state index in [1.165, 1.54) is 72.6 Å². The monoisotopic (exact) mass is 370 g/mol. The Hall–Kier alpha value is -1.75. The lowest BCUT2D eigenvalue weighted by molar-refractivity contribution is -0.00715. The highest BCUT2D eigenvalue weighted by molar-refractivity contribution is 7.15. The molecule has 5 heteroatoms. The maximum absolute atomic E-state index is 13.9. The molecule has 136 valence electrons. The van der Waals surface area contributed by atoms with Crippen LogP contribution in [0.25, 0.3) is 0 Å². The van der Waals surface area contributed by atoms with Gasteiger partial charge in [0, 0.05) is 10.3 Å². The van der Waals surface area contributed by atoms with Gasteiger partial charge in [0.2, 0.25) is 0 Å². The van der Waals surface area contributed by atoms with Gasteiger partial charge in [-0.2, -0.15) is 0 Å². The Bertz CT molecular complexity index is 839. The number of nitrogens with zero attached hydrogens (tertiary/aromatic N) is 1. The van der Waals surface area contributed by atoms with Gasteiger partial charge in [-0.15, -0.1) is 11.3 Å². The van der Waals surface area contributed by atoms with E-state index < -0.39 is 11.7 Å². The van der Waals surface area contributed by atoms with Crippen molar-refractivity contribution < 1.29 is 9.18 Å². The number of hydrogen-bond donors (Lipinski definition) is 1. The van der Waals surface area contributed by atoms with E-state index in [-0.39, 0.29) is 11.0 Å². The number of aryl methyl sites for hydroxylation is 1. The number of anilines is 1. The van der Waals surface area contributed by atoms with E-state index in [0.29, 0.717) is 5.13 Å². The van der Waals surface area contributed by atoms with Gasteiger partial charge in [-0.3, -0.25) is 10.1 Å². The van der Waals surface area contributed by atoms with Gasteiger partial charge >= 0.3 is 0 Å². The smallest absolute Gasteiger partial charge is 0.260 e. The lowest BCUT2D eigenvalue weighted by Gasteiger charge is -2.56. The topological polar surface area (TPSA) is 42.0 Å². The summed E-state index contributed by atoms with van der Waals surface area (Å²) in [7, 11) is 0. The average Bonchev–Trinajstić information content (AvgIpc) is 2.95. The van der Waals surface area contributed by atoms with Crippen molar-refractivity contribution in [3.63, 3.8) is 0 Å². The number of rotatable bonds is 3. The number of carbonyl (C=O) groups excluding carboxylic acids is 1. The SMILES string of the molecule is Cc1sc(NC(=O)c2ccccc2F)nc1C12CC3CC(CC(C3)C1)C2. The van der Waals surface area contributed by atoms with E-state index in [0.717, 1.165) is 17.8 Å². The molecule has 1 aromatic carbocycles. The lowest BCUT2D eigenvalue weighted by atomic mass is 9.48. The molecule has 1 aromatic heterocycles. The standard InChI is InChI=1S/C21H23FN2OS/c1-12-18(21-9-13-6-14(10-21)8-15(7-13)11-21)23-20(26-12)24-19(25)16-4-2-3-5-17(16)22/h2-5,13-15H,6-11H2,1H3,(H,23,24,25). The minimum Gasteiger partial charge on any atom is -0.298 e. The molecule has 6 rings (SSSR count). The highest BCUT2D eigenvalue weighted by Crippen LogP contribution is 2.61. The van der Waals surface area contributed by atoms with Crippen molar-refractivity contribution in [2.24, 2.45) is 17.8 Å². The van der Waals surface area contributed by atoms with Gasteiger partial charge in [0.05, 0.1) is 11.3 Å². The minimum absolute atomic E-state index is 0.0664. The quantitative estimate of drug-likeness (QED) is 0.795. The van der Waals surface area contributed by atoms with Crippen LogP contribution in [0.15, 0.2) is 24.3 Å². The minimum atomic E-state index is -0.500. The van der Waals surface area contributed by atoms with E-state index in [4.69, 9.17) is 4.98 Å². The zero-order valence-corrected chi connectivity index (χ0v) is 15.7. The summed E-state index contributed by atoms with van der Waals surface area (Å²) in [5.41, 5.74) is 1.48. The maximum atomic E-state index is 13.9. The van der Waals surface area contributed by atoms with Gasteiger partial charge in [0.25, 0.3) is 5.91 Å². The zero-order valence-electron chi connectivity index (χ0n) is 14.9. The Morgan fingerprint density at radius 3 is 2.38 bits per heavy atom. The van der Waals surface area contributed by atoms with E-state index in [2.05, 4.69) is 12.2 Å². The zero-order chi connectivity index (χ0) is 17.9. The molecule has 0 atom stereocenters. The molecule has 0 radical (unpaired) electrons. The summed E-state index contributed by atoms with van der Waals surface area (Å²) in [5.74, 6) is 1.66. The van der Waals surface area contributed by atoms with Crippen LogP contribution in [0.2, 0.25) is 0 Å². The molecule has 0 unspecified atom stereocenters. The van der Waals surface area contributed by atoms with Crippen molar-refractivity contribution in [2.75, 3.05) is 5.32 Å². The molecule has 0 spiro atoms. The molecule has 3 nitrogen and oxygen atoms in total. The number of thiazole rings is 1. The van der Waals surface area contributed by atoms with E-state index in [1.807, 2.05) is 0 Å². The van der Waals surface area contributed by atoms with Crippen LogP contribution < -0.4 is 5.32 Å². The second-order valence-corrected chi connectivity index (χ2v) is 9.76. The predicted molar refractivity (Wildman–Crippen MR) is 101 cm³/mol. The van der Waals surface area contributed by atoms with Gasteiger partial charge in [-0.25, -0.2) is 9.37 Å². The fourth-order valence-corrected chi connectivity index (χ4v) is 7.08. The van der Waals surface area contributed by atoms with E-state index in [9.17, 15) is 9.18 Å². The second-order valence-electron chi connectivity index (χ2n) is 8.56. The fraction of sp³-hybridized carbons (Fsp3) is 0.524. The largest absolute Gasteiger partial charge is 0.298 e. The third-order valence-corrected chi connectivity index (χ3v) is 7.56. The number of benzene rings is 1. The molecule has 2 aromatic rings. The summed E-state index contributed by atoms with van der Waals surface area (Å²) in [6, 6.07) is 6.07. The summed E-state index contributed by atoms with van der Waals surface area (Å²) in [4.78, 5) is 18.5. The Balaban J connectivity index is 1.42. The Labute approximate surface area is 157 Å². The first kappa shape index (κ1) is 16.4. The summed E-state index contributed by atoms with van der Waals surface area (Å²) in [6.07, 6.45) is 7.97. The van der Waals surface area contributed by atoms with Gasteiger partial charge in [0.1, 0.15) is 5.82 Å². The van der Waals surface area contributed by atoms with E-state index >= 15 is 0 Å². The Kier molecular flexibility index (Phi) is 3.71. The molecule has 4 saturated carbocycles. The maximum Gasteiger partial charge on any atom is 0.260 e. The van der Waals surface area contributed by atoms with Gasteiger partial charge < -0.3 is 0 Å². The Morgan fingerprint density at radius 2 is 1.77 bits per heavy atom. The molecule has 1 heterocycles. The van der Waals surface area contributed by atoms with Crippen molar-refractivity contribution in [1.82, 2.24) is 4.98 Å². The molecule has 26 heavy (non-hydrogen) atoms. The summed E-state index contributed by atoms with van der Waals surface area (Å²) < 4.78 is 13.9. The Morgan fingerprint density at radius 1 is 1.15 bits per heavy atom. The summed E-state index contributed by atoms with van der Waals surface area (Å²) >= 11 is 1.53. The molecule has 1 N–H and O–H groups in total. The van der Waals surface area contributed by atoms with Crippen molar-refractivity contribution >= 4 is 22.4 Å². The molecule has 4 fully saturated rings. The first-order valence-electron chi connectivity index (χ1n) is 9.56. The van der Waals surface area contributed by atoms with Crippen LogP contribution in [0, 0.1) is 30.5 Å². The van der Waals surface area contributed by atoms with Crippen molar-refractivity contribution in [3.8, 4) is 0 Å². The predicted octanol–water partition coefficient (Wildman–Crippen LogP) is 5.31. The van der Waals surface area contributed by atoms with Crippen LogP contribution >= 0.6 is 11.3 Å². The van der Waals surface area contributed by atoms with Crippen molar-refractivity contribution in [3.05, 3.63) is 46.2 Å². The highest BCUT2D eigenvalue weighted by Gasteiger charge is 2.53. The second kappa shape index (κ2) is 5.88. The number of halogens is 1. The van der Waals surface area contributed by atoms with Crippen LogP contribution in [-0.2, 0) is 5.41 Å². The first-order chi connectivity index (χ1) is 12.5. The number of carbonyl (C=O) groups is 1. The van der Waals surface area contributed by atoms with Crippen LogP contribution in [0.3, 0.4) is 0 Å². The first-order valence-corrected chi connectivity index (χ1v) is 10.4. The van der Waals surface area contributed by atoms with Crippen LogP contribution in [-0.4, -0.2) is 10.9 Å². The molecule has 4 aliphatic rings. The molecule has 0 saturated heterocycles. The molecular formula is C21H23FN2OS. The lowest BCUT2D eigenvalue weighted by Crippen LogP contribution is -2.49. The number of nitrogens with one attached hydrogen (secondary N) is 1. The molecule has 4 bridgehead atoms. The molecule has 1 amide bonds. The third kappa shape index (κ3) is 2.59. The number of amides is 1. The highest BCUT2D eigenvalue weighted by atomic mass is 32.1. The van der Waals surface area contributed by atoms with Crippen LogP contribution in [0.5, 0.6) is 0 Å². The summed E-state index contributed by atoms with van der Waals surface area (Å²) in [5, 5.41) is 3.42. The molecule has 0 aliphatic heterocycles. The number of aromatic nitrogens is 1. The average molecular weight is 370 g/mol. The normalized spacial score (nSPS) is 32.0. The van der Waals surface area contributed by atoms with Crippen molar-refractivity contribution in [1.29, 1.82) is 0 Å². The van der Waals surface area contributed by atoms with Crippen LogP contribution in [0.1, 0.15) is 59.5 Å². The van der Waals surface area contributed by atoms with E-state index in [1.54, 1.807) is 12.1 Å². The number of hydrogen-bond acceptors (Lipinski definition) is 3. The summed E-state index contributed by atoms with van der Waals surface area (Å²) in [6.45, 7) is 2.12. The third-order valence-electron chi connectivity index (χ3n) is 6.68. The fourth-order valence-electron chi connectivity index (χ4n) is 6.15. The van der Waals surface area contributed by atoms with Crippen LogP contribution in [0.4, 0.5) is 9.52 Å². The van der Waals surface area contributed by atoms with Gasteiger partial charge in [-0.1, -0.05) is 12.1 Å². The molecular weight excluding hydrogens is 347 g/mol. The van der Waals surface area contributed by atoms with Gasteiger partial charge in [0.15, 0.2) is 5.13 Å². The van der Waals surface area contributed by atoms with Gasteiger partial charge in [-0.05, 0) is 75.3 Å².